The van der Waals surface area contributed by atoms with Gasteiger partial charge in [-0.25, -0.2) is 0 Å². The zero-order valence-corrected chi connectivity index (χ0v) is 19.4. The molecule has 1 aromatic carbocycles. The third-order valence-electron chi connectivity index (χ3n) is 5.54. The number of pyridine rings is 1. The second-order valence-corrected chi connectivity index (χ2v) is 10.1. The van der Waals surface area contributed by atoms with Gasteiger partial charge in [-0.1, -0.05) is 26.0 Å². The first-order valence-corrected chi connectivity index (χ1v) is 11.8. The van der Waals surface area contributed by atoms with Gasteiger partial charge in [-0.15, -0.1) is 11.3 Å². The maximum atomic E-state index is 13.5. The van der Waals surface area contributed by atoms with Crippen molar-refractivity contribution in [2.24, 2.45) is 5.92 Å². The predicted molar refractivity (Wildman–Crippen MR) is 126 cm³/mol. The molecule has 0 spiro atoms. The first-order chi connectivity index (χ1) is 15.0. The van der Waals surface area contributed by atoms with Crippen molar-refractivity contribution in [2.45, 2.75) is 40.0 Å². The lowest BCUT2D eigenvalue weighted by Gasteiger charge is -2.35. The number of carbonyl (C=O) groups is 1. The standard InChI is InChI=1S/C25H31N3O2S/c1-18(2)14-28(15-20-7-9-23-21(13-20)5-4-10-26-23)25(29)24-17-27(11-12-30-24)16-22-8-6-19(3)31-22/h4-10,13,18,24H,11-12,14-17H2,1-3H3/t24-/m1/s1. The minimum absolute atomic E-state index is 0.0899. The van der Waals surface area contributed by atoms with Gasteiger partial charge in [-0.05, 0) is 48.7 Å². The maximum absolute atomic E-state index is 13.5. The highest BCUT2D eigenvalue weighted by atomic mass is 32.1. The van der Waals surface area contributed by atoms with Gasteiger partial charge in [0.05, 0.1) is 12.1 Å². The van der Waals surface area contributed by atoms with Gasteiger partial charge in [0.2, 0.25) is 0 Å². The Labute approximate surface area is 188 Å². The molecule has 1 aliphatic heterocycles. The number of rotatable bonds is 7. The Bertz CT molecular complexity index is 1030. The van der Waals surface area contributed by atoms with Crippen LogP contribution < -0.4 is 0 Å². The van der Waals surface area contributed by atoms with Crippen LogP contribution in [0.3, 0.4) is 0 Å². The van der Waals surface area contributed by atoms with Crippen LogP contribution >= 0.6 is 11.3 Å². The summed E-state index contributed by atoms with van der Waals surface area (Å²) in [5.41, 5.74) is 2.10. The van der Waals surface area contributed by atoms with E-state index >= 15 is 0 Å². The largest absolute Gasteiger partial charge is 0.366 e. The summed E-state index contributed by atoms with van der Waals surface area (Å²) in [4.78, 5) is 24.8. The first-order valence-electron chi connectivity index (χ1n) is 11.0. The van der Waals surface area contributed by atoms with Crippen molar-refractivity contribution < 1.29 is 9.53 Å². The van der Waals surface area contributed by atoms with Gasteiger partial charge in [0, 0.05) is 54.1 Å². The summed E-state index contributed by atoms with van der Waals surface area (Å²) in [6, 6.07) is 14.6. The van der Waals surface area contributed by atoms with E-state index in [1.165, 1.54) is 9.75 Å². The second-order valence-electron chi connectivity index (χ2n) is 8.75. The van der Waals surface area contributed by atoms with Crippen LogP contribution in [0.15, 0.2) is 48.7 Å². The van der Waals surface area contributed by atoms with Crippen molar-refractivity contribution in [1.29, 1.82) is 0 Å². The molecule has 5 nitrogen and oxygen atoms in total. The number of ether oxygens (including phenoxy) is 1. The zero-order chi connectivity index (χ0) is 21.8. The molecule has 0 N–H and O–H groups in total. The van der Waals surface area contributed by atoms with E-state index in [0.29, 0.717) is 32.2 Å². The molecule has 3 heterocycles. The fraction of sp³-hybridized carbons (Fsp3) is 0.440. The Hall–Kier alpha value is -2.28. The Balaban J connectivity index is 1.46. The quantitative estimate of drug-likeness (QED) is 0.546. The minimum atomic E-state index is -0.407. The third-order valence-corrected chi connectivity index (χ3v) is 6.52. The molecule has 1 atom stereocenters. The number of morpholine rings is 1. The lowest BCUT2D eigenvalue weighted by Crippen LogP contribution is -2.51. The normalized spacial score (nSPS) is 17.4. The van der Waals surface area contributed by atoms with E-state index in [4.69, 9.17) is 4.74 Å². The van der Waals surface area contributed by atoms with Crippen molar-refractivity contribution in [3.63, 3.8) is 0 Å². The molecule has 164 valence electrons. The van der Waals surface area contributed by atoms with Crippen LogP contribution in [-0.2, 0) is 22.6 Å². The molecule has 1 aliphatic rings. The van der Waals surface area contributed by atoms with Crippen LogP contribution in [0.25, 0.3) is 10.9 Å². The number of hydrogen-bond donors (Lipinski definition) is 0. The Morgan fingerprint density at radius 2 is 2.16 bits per heavy atom. The number of fused-ring (bicyclic) bond motifs is 1. The van der Waals surface area contributed by atoms with Crippen molar-refractivity contribution in [2.75, 3.05) is 26.2 Å². The summed E-state index contributed by atoms with van der Waals surface area (Å²) in [6.07, 6.45) is 1.40. The van der Waals surface area contributed by atoms with Gasteiger partial charge >= 0.3 is 0 Å². The maximum Gasteiger partial charge on any atom is 0.253 e. The molecule has 4 rings (SSSR count). The van der Waals surface area contributed by atoms with Crippen LogP contribution in [0.4, 0.5) is 0 Å². The predicted octanol–water partition coefficient (Wildman–Crippen LogP) is 4.49. The fourth-order valence-electron chi connectivity index (χ4n) is 4.11. The van der Waals surface area contributed by atoms with Gasteiger partial charge in [0.1, 0.15) is 6.10 Å². The van der Waals surface area contributed by atoms with E-state index in [1.807, 2.05) is 28.4 Å². The molecule has 0 radical (unpaired) electrons. The van der Waals surface area contributed by atoms with E-state index in [9.17, 15) is 4.79 Å². The van der Waals surface area contributed by atoms with E-state index in [2.05, 4.69) is 61.0 Å². The summed E-state index contributed by atoms with van der Waals surface area (Å²) < 4.78 is 5.94. The summed E-state index contributed by atoms with van der Waals surface area (Å²) >= 11 is 1.83. The van der Waals surface area contributed by atoms with Crippen molar-refractivity contribution in [3.05, 3.63) is 64.0 Å². The van der Waals surface area contributed by atoms with Crippen LogP contribution in [0, 0.1) is 12.8 Å². The molecule has 1 fully saturated rings. The van der Waals surface area contributed by atoms with Crippen molar-refractivity contribution >= 4 is 28.1 Å². The smallest absolute Gasteiger partial charge is 0.253 e. The highest BCUT2D eigenvalue weighted by Crippen LogP contribution is 2.21. The zero-order valence-electron chi connectivity index (χ0n) is 18.6. The number of thiophene rings is 1. The number of aryl methyl sites for hydroxylation is 1. The number of aromatic nitrogens is 1. The molecule has 2 aromatic heterocycles. The molecule has 6 heteroatoms. The number of amides is 1. The summed E-state index contributed by atoms with van der Waals surface area (Å²) in [7, 11) is 0. The van der Waals surface area contributed by atoms with E-state index < -0.39 is 6.10 Å². The number of benzene rings is 1. The SMILES string of the molecule is Cc1ccc(CN2CCO[C@@H](C(=O)N(Cc3ccc4ncccc4c3)CC(C)C)C2)s1. The Kier molecular flexibility index (Phi) is 7.00. The van der Waals surface area contributed by atoms with Gasteiger partial charge in [-0.2, -0.15) is 0 Å². The summed E-state index contributed by atoms with van der Waals surface area (Å²) in [6.45, 7) is 10.7. The molecule has 3 aromatic rings. The van der Waals surface area contributed by atoms with Gasteiger partial charge in [0.15, 0.2) is 0 Å². The molecule has 0 saturated carbocycles. The Morgan fingerprint density at radius 3 is 2.94 bits per heavy atom. The lowest BCUT2D eigenvalue weighted by atomic mass is 10.1. The second kappa shape index (κ2) is 9.90. The molecule has 0 bridgehead atoms. The number of carbonyl (C=O) groups excluding carboxylic acids is 1. The fourth-order valence-corrected chi connectivity index (χ4v) is 5.04. The van der Waals surface area contributed by atoms with Crippen molar-refractivity contribution in [1.82, 2.24) is 14.8 Å². The minimum Gasteiger partial charge on any atom is -0.366 e. The average molecular weight is 438 g/mol. The molecule has 31 heavy (non-hydrogen) atoms. The monoisotopic (exact) mass is 437 g/mol. The molecular weight excluding hydrogens is 406 g/mol. The van der Waals surface area contributed by atoms with E-state index in [0.717, 1.165) is 29.6 Å². The van der Waals surface area contributed by atoms with Crippen LogP contribution in [0.2, 0.25) is 0 Å². The van der Waals surface area contributed by atoms with Gasteiger partial charge < -0.3 is 9.64 Å². The summed E-state index contributed by atoms with van der Waals surface area (Å²) in [5, 5.41) is 1.10. The highest BCUT2D eigenvalue weighted by molar-refractivity contribution is 7.11. The molecular formula is C25H31N3O2S. The third kappa shape index (κ3) is 5.70. The first kappa shape index (κ1) is 21.9. The van der Waals surface area contributed by atoms with Gasteiger partial charge in [0.25, 0.3) is 5.91 Å². The molecule has 0 aliphatic carbocycles. The van der Waals surface area contributed by atoms with E-state index in [1.54, 1.807) is 6.20 Å². The average Bonchev–Trinajstić information content (AvgIpc) is 3.17. The summed E-state index contributed by atoms with van der Waals surface area (Å²) in [5.74, 6) is 0.479. The van der Waals surface area contributed by atoms with Crippen LogP contribution in [0.5, 0.6) is 0 Å². The molecule has 1 saturated heterocycles. The van der Waals surface area contributed by atoms with Crippen molar-refractivity contribution in [3.8, 4) is 0 Å². The Morgan fingerprint density at radius 1 is 1.29 bits per heavy atom. The van der Waals surface area contributed by atoms with Crippen LogP contribution in [0.1, 0.15) is 29.2 Å². The highest BCUT2D eigenvalue weighted by Gasteiger charge is 2.31. The van der Waals surface area contributed by atoms with E-state index in [-0.39, 0.29) is 5.91 Å². The van der Waals surface area contributed by atoms with Gasteiger partial charge in [-0.3, -0.25) is 14.7 Å². The molecule has 1 amide bonds. The lowest BCUT2D eigenvalue weighted by molar-refractivity contribution is -0.151. The topological polar surface area (TPSA) is 45.7 Å². The number of hydrogen-bond acceptors (Lipinski definition) is 5. The van der Waals surface area contributed by atoms with Crippen LogP contribution in [-0.4, -0.2) is 53.0 Å². The number of nitrogens with zero attached hydrogens (tertiary/aromatic N) is 3. The molecule has 0 unspecified atom stereocenters.